The molecule has 0 spiro atoms. The summed E-state index contributed by atoms with van der Waals surface area (Å²) < 4.78 is 0. The minimum Gasteiger partial charge on any atom is -0.338 e. The van der Waals surface area contributed by atoms with Gasteiger partial charge < -0.3 is 10.6 Å². The standard InChI is InChI=1S/C15H19N3O3/c1-10(2)17-15(21)16-8-5-9-18-13(19)11-6-3-4-7-12(11)14(18)20/h3-4,6-7,10H,5,8-9H2,1-2H3,(H2,16,17,21). The number of carbonyl (C=O) groups excluding carboxylic acids is 3. The molecule has 1 aliphatic heterocycles. The van der Waals surface area contributed by atoms with E-state index in [0.717, 1.165) is 0 Å². The van der Waals surface area contributed by atoms with Crippen LogP contribution in [-0.4, -0.2) is 41.9 Å². The number of nitrogens with zero attached hydrogens (tertiary/aromatic N) is 1. The van der Waals surface area contributed by atoms with E-state index >= 15 is 0 Å². The molecule has 6 heteroatoms. The monoisotopic (exact) mass is 289 g/mol. The van der Waals surface area contributed by atoms with E-state index in [1.807, 2.05) is 13.8 Å². The minimum atomic E-state index is -0.262. The van der Waals surface area contributed by atoms with Crippen molar-refractivity contribution < 1.29 is 14.4 Å². The summed E-state index contributed by atoms with van der Waals surface area (Å²) in [4.78, 5) is 36.8. The Kier molecular flexibility index (Phi) is 4.57. The lowest BCUT2D eigenvalue weighted by atomic mass is 10.1. The lowest BCUT2D eigenvalue weighted by Crippen LogP contribution is -2.41. The first-order valence-electron chi connectivity index (χ1n) is 7.00. The van der Waals surface area contributed by atoms with Crippen LogP contribution in [0.5, 0.6) is 0 Å². The molecule has 0 saturated heterocycles. The van der Waals surface area contributed by atoms with E-state index in [1.54, 1.807) is 24.3 Å². The van der Waals surface area contributed by atoms with Gasteiger partial charge in [-0.15, -0.1) is 0 Å². The molecule has 21 heavy (non-hydrogen) atoms. The van der Waals surface area contributed by atoms with Crippen LogP contribution in [0.1, 0.15) is 41.0 Å². The van der Waals surface area contributed by atoms with Gasteiger partial charge in [-0.25, -0.2) is 4.79 Å². The average Bonchev–Trinajstić information content (AvgIpc) is 2.68. The number of carbonyl (C=O) groups is 3. The number of rotatable bonds is 5. The first kappa shape index (κ1) is 15.0. The minimum absolute atomic E-state index is 0.0706. The van der Waals surface area contributed by atoms with Crippen LogP contribution in [0.2, 0.25) is 0 Å². The second kappa shape index (κ2) is 6.39. The largest absolute Gasteiger partial charge is 0.338 e. The Labute approximate surface area is 123 Å². The van der Waals surface area contributed by atoms with Crippen molar-refractivity contribution in [2.24, 2.45) is 0 Å². The van der Waals surface area contributed by atoms with Gasteiger partial charge in [-0.05, 0) is 32.4 Å². The Hall–Kier alpha value is -2.37. The maximum Gasteiger partial charge on any atom is 0.314 e. The summed E-state index contributed by atoms with van der Waals surface area (Å²) in [6.45, 7) is 4.46. The van der Waals surface area contributed by atoms with Crippen LogP contribution < -0.4 is 10.6 Å². The summed E-state index contributed by atoms with van der Waals surface area (Å²) in [5, 5.41) is 5.39. The summed E-state index contributed by atoms with van der Waals surface area (Å²) in [6.07, 6.45) is 0.525. The molecule has 0 saturated carbocycles. The molecule has 112 valence electrons. The molecule has 1 aromatic rings. The molecule has 0 atom stereocenters. The highest BCUT2D eigenvalue weighted by Crippen LogP contribution is 2.22. The van der Waals surface area contributed by atoms with Gasteiger partial charge in [0.15, 0.2) is 0 Å². The van der Waals surface area contributed by atoms with Gasteiger partial charge in [-0.3, -0.25) is 14.5 Å². The van der Waals surface area contributed by atoms with Crippen LogP contribution in [0.25, 0.3) is 0 Å². The molecule has 0 aliphatic carbocycles. The highest BCUT2D eigenvalue weighted by molar-refractivity contribution is 6.21. The number of nitrogens with one attached hydrogen (secondary N) is 2. The van der Waals surface area contributed by atoms with Crippen LogP contribution in [0.3, 0.4) is 0 Å². The molecule has 0 radical (unpaired) electrons. The lowest BCUT2D eigenvalue weighted by molar-refractivity contribution is 0.0653. The van der Waals surface area contributed by atoms with Gasteiger partial charge >= 0.3 is 6.03 Å². The highest BCUT2D eigenvalue weighted by atomic mass is 16.2. The molecule has 1 heterocycles. The van der Waals surface area contributed by atoms with Crippen molar-refractivity contribution >= 4 is 17.8 Å². The van der Waals surface area contributed by atoms with Crippen LogP contribution in [0.4, 0.5) is 4.79 Å². The molecule has 0 fully saturated rings. The van der Waals surface area contributed by atoms with Gasteiger partial charge in [0.05, 0.1) is 11.1 Å². The van der Waals surface area contributed by atoms with Gasteiger partial charge in [-0.2, -0.15) is 0 Å². The Bertz CT molecular complexity index is 534. The van der Waals surface area contributed by atoms with E-state index in [2.05, 4.69) is 10.6 Å². The van der Waals surface area contributed by atoms with Crippen LogP contribution in [0, 0.1) is 0 Å². The second-order valence-corrected chi connectivity index (χ2v) is 5.22. The van der Waals surface area contributed by atoms with Crippen LogP contribution >= 0.6 is 0 Å². The van der Waals surface area contributed by atoms with Crippen LogP contribution in [0.15, 0.2) is 24.3 Å². The zero-order chi connectivity index (χ0) is 15.4. The lowest BCUT2D eigenvalue weighted by Gasteiger charge is -2.14. The van der Waals surface area contributed by atoms with Crippen molar-refractivity contribution in [3.63, 3.8) is 0 Å². The number of imide groups is 1. The van der Waals surface area contributed by atoms with E-state index in [1.165, 1.54) is 4.90 Å². The summed E-state index contributed by atoms with van der Waals surface area (Å²) in [5.41, 5.74) is 0.904. The number of amides is 4. The summed E-state index contributed by atoms with van der Waals surface area (Å²) in [6, 6.07) is 6.62. The van der Waals surface area contributed by atoms with Crippen molar-refractivity contribution in [2.45, 2.75) is 26.3 Å². The Morgan fingerprint density at radius 2 is 1.71 bits per heavy atom. The van der Waals surface area contributed by atoms with Gasteiger partial charge in [0.1, 0.15) is 0 Å². The Morgan fingerprint density at radius 1 is 1.14 bits per heavy atom. The third-order valence-corrected chi connectivity index (χ3v) is 3.14. The number of hydrogen-bond acceptors (Lipinski definition) is 3. The normalized spacial score (nSPS) is 13.6. The number of fused-ring (bicyclic) bond motifs is 1. The van der Waals surface area contributed by atoms with Crippen molar-refractivity contribution in [3.05, 3.63) is 35.4 Å². The maximum atomic E-state index is 12.1. The van der Waals surface area contributed by atoms with Crippen LogP contribution in [-0.2, 0) is 0 Å². The summed E-state index contributed by atoms with van der Waals surface area (Å²) in [7, 11) is 0. The highest BCUT2D eigenvalue weighted by Gasteiger charge is 2.34. The van der Waals surface area contributed by atoms with E-state index < -0.39 is 0 Å². The van der Waals surface area contributed by atoms with E-state index in [4.69, 9.17) is 0 Å². The Morgan fingerprint density at radius 3 is 2.24 bits per heavy atom. The van der Waals surface area contributed by atoms with Crippen molar-refractivity contribution in [2.75, 3.05) is 13.1 Å². The van der Waals surface area contributed by atoms with Gasteiger partial charge in [0, 0.05) is 19.1 Å². The quantitative estimate of drug-likeness (QED) is 0.635. The third-order valence-electron chi connectivity index (χ3n) is 3.14. The number of hydrogen-bond donors (Lipinski definition) is 2. The van der Waals surface area contributed by atoms with E-state index in [-0.39, 0.29) is 23.9 Å². The van der Waals surface area contributed by atoms with Gasteiger partial charge in [0.25, 0.3) is 11.8 Å². The molecule has 2 N–H and O–H groups in total. The maximum absolute atomic E-state index is 12.1. The predicted molar refractivity (Wildman–Crippen MR) is 78.1 cm³/mol. The number of benzene rings is 1. The predicted octanol–water partition coefficient (Wildman–Crippen LogP) is 1.38. The zero-order valence-corrected chi connectivity index (χ0v) is 12.2. The zero-order valence-electron chi connectivity index (χ0n) is 12.2. The SMILES string of the molecule is CC(C)NC(=O)NCCCN1C(=O)c2ccccc2C1=O. The molecular weight excluding hydrogens is 270 g/mol. The molecule has 6 nitrogen and oxygen atoms in total. The third kappa shape index (κ3) is 3.39. The van der Waals surface area contributed by atoms with Crippen molar-refractivity contribution in [1.29, 1.82) is 0 Å². The fourth-order valence-electron chi connectivity index (χ4n) is 2.19. The van der Waals surface area contributed by atoms with Gasteiger partial charge in [-0.1, -0.05) is 12.1 Å². The topological polar surface area (TPSA) is 78.5 Å². The average molecular weight is 289 g/mol. The summed E-state index contributed by atoms with van der Waals surface area (Å²) >= 11 is 0. The summed E-state index contributed by atoms with van der Waals surface area (Å²) in [5.74, 6) is -0.524. The molecule has 4 amide bonds. The van der Waals surface area contributed by atoms with Crippen molar-refractivity contribution in [3.8, 4) is 0 Å². The molecule has 0 aromatic heterocycles. The van der Waals surface area contributed by atoms with Crippen molar-refractivity contribution in [1.82, 2.24) is 15.5 Å². The Balaban J connectivity index is 1.82. The molecule has 1 aliphatic rings. The van der Waals surface area contributed by atoms with Gasteiger partial charge in [0.2, 0.25) is 0 Å². The van der Waals surface area contributed by atoms with E-state index in [9.17, 15) is 14.4 Å². The molecule has 1 aromatic carbocycles. The first-order chi connectivity index (χ1) is 10.0. The smallest absolute Gasteiger partial charge is 0.314 e. The van der Waals surface area contributed by atoms with E-state index in [0.29, 0.717) is 30.6 Å². The fraction of sp³-hybridized carbons (Fsp3) is 0.400. The molecule has 0 unspecified atom stereocenters. The fourth-order valence-corrected chi connectivity index (χ4v) is 2.19. The molecule has 2 rings (SSSR count). The molecule has 0 bridgehead atoms. The second-order valence-electron chi connectivity index (χ2n) is 5.22. The first-order valence-corrected chi connectivity index (χ1v) is 7.00. The number of urea groups is 1. The molecular formula is C15H19N3O3.